The molecule has 0 aromatic carbocycles. The maximum Gasteiger partial charge on any atom is 0.331 e. The van der Waals surface area contributed by atoms with Crippen molar-refractivity contribution in [2.45, 2.75) is 26.4 Å². The van der Waals surface area contributed by atoms with Crippen LogP contribution in [0.1, 0.15) is 24.5 Å². The molecule has 1 unspecified atom stereocenters. The molecule has 1 amide bonds. The molecule has 0 bridgehead atoms. The van der Waals surface area contributed by atoms with Crippen LogP contribution in [-0.4, -0.2) is 15.0 Å². The van der Waals surface area contributed by atoms with E-state index in [1.807, 2.05) is 13.0 Å². The molecule has 7 nitrogen and oxygen atoms in total. The fraction of sp³-hybridized carbons (Fsp3) is 0.357. The van der Waals surface area contributed by atoms with Gasteiger partial charge in [0.25, 0.3) is 5.56 Å². The number of hydrogen-bond acceptors (Lipinski definition) is 4. The zero-order valence-corrected chi connectivity index (χ0v) is 12.1. The summed E-state index contributed by atoms with van der Waals surface area (Å²) in [6.07, 6.45) is 1.31. The van der Waals surface area contributed by atoms with Crippen LogP contribution < -0.4 is 16.6 Å². The van der Waals surface area contributed by atoms with E-state index in [9.17, 15) is 14.4 Å². The molecule has 0 spiro atoms. The molecule has 0 aliphatic carbocycles. The minimum atomic E-state index is -0.529. The van der Waals surface area contributed by atoms with Gasteiger partial charge in [-0.15, -0.1) is 0 Å². The predicted molar refractivity (Wildman–Crippen MR) is 75.9 cm³/mol. The Labute approximate surface area is 120 Å². The summed E-state index contributed by atoms with van der Waals surface area (Å²) in [5.41, 5.74) is -0.935. The number of carbonyl (C=O) groups excluding carboxylic acids is 1. The van der Waals surface area contributed by atoms with Crippen LogP contribution in [0.4, 0.5) is 0 Å². The topological polar surface area (TPSA) is 86.2 Å². The second kappa shape index (κ2) is 5.82. The molecule has 2 heterocycles. The molecular weight excluding hydrogens is 274 g/mol. The summed E-state index contributed by atoms with van der Waals surface area (Å²) in [5, 5.41) is 2.74. The second-order valence-corrected chi connectivity index (χ2v) is 4.86. The van der Waals surface area contributed by atoms with Gasteiger partial charge < -0.3 is 9.73 Å². The van der Waals surface area contributed by atoms with Gasteiger partial charge in [0.05, 0.1) is 6.04 Å². The number of aromatic nitrogens is 2. The summed E-state index contributed by atoms with van der Waals surface area (Å²) in [4.78, 5) is 35.0. The van der Waals surface area contributed by atoms with E-state index < -0.39 is 11.2 Å². The molecule has 0 radical (unpaired) electrons. The van der Waals surface area contributed by atoms with Crippen LogP contribution in [0.5, 0.6) is 0 Å². The summed E-state index contributed by atoms with van der Waals surface area (Å²) < 4.78 is 7.55. The largest absolute Gasteiger partial charge is 0.464 e. The van der Waals surface area contributed by atoms with E-state index >= 15 is 0 Å². The van der Waals surface area contributed by atoms with Crippen molar-refractivity contribution in [2.75, 3.05) is 0 Å². The fourth-order valence-electron chi connectivity index (χ4n) is 1.94. The number of nitrogens with zero attached hydrogens (tertiary/aromatic N) is 2. The fourth-order valence-corrected chi connectivity index (χ4v) is 1.94. The quantitative estimate of drug-likeness (QED) is 0.879. The average Bonchev–Trinajstić information content (AvgIpc) is 2.86. The number of aryl methyl sites for hydroxylation is 1. The van der Waals surface area contributed by atoms with Gasteiger partial charge in [-0.1, -0.05) is 0 Å². The highest BCUT2D eigenvalue weighted by Crippen LogP contribution is 2.15. The Morgan fingerprint density at radius 2 is 2.05 bits per heavy atom. The summed E-state index contributed by atoms with van der Waals surface area (Å²) in [6.45, 7) is 3.46. The molecular formula is C14H17N3O4. The SMILES string of the molecule is Cc1ccc(C(C)NC(=O)Cn2ccc(=O)n(C)c2=O)o1. The molecule has 0 aliphatic heterocycles. The first-order valence-electron chi connectivity index (χ1n) is 6.50. The zero-order chi connectivity index (χ0) is 15.6. The van der Waals surface area contributed by atoms with Crippen LogP contribution in [0.2, 0.25) is 0 Å². The van der Waals surface area contributed by atoms with E-state index in [0.29, 0.717) is 5.76 Å². The zero-order valence-electron chi connectivity index (χ0n) is 12.1. The third-order valence-corrected chi connectivity index (χ3v) is 3.14. The van der Waals surface area contributed by atoms with Crippen molar-refractivity contribution in [3.63, 3.8) is 0 Å². The van der Waals surface area contributed by atoms with E-state index in [1.54, 1.807) is 13.0 Å². The number of carbonyl (C=O) groups is 1. The molecule has 7 heteroatoms. The highest BCUT2D eigenvalue weighted by molar-refractivity contribution is 5.76. The van der Waals surface area contributed by atoms with Crippen molar-refractivity contribution in [1.29, 1.82) is 0 Å². The van der Waals surface area contributed by atoms with Gasteiger partial charge in [0.2, 0.25) is 5.91 Å². The Kier molecular flexibility index (Phi) is 4.11. The Balaban J connectivity index is 2.07. The van der Waals surface area contributed by atoms with Gasteiger partial charge in [0.15, 0.2) is 0 Å². The van der Waals surface area contributed by atoms with Crippen molar-refractivity contribution >= 4 is 5.91 Å². The van der Waals surface area contributed by atoms with Crippen molar-refractivity contribution in [3.8, 4) is 0 Å². The monoisotopic (exact) mass is 291 g/mol. The van der Waals surface area contributed by atoms with E-state index in [4.69, 9.17) is 4.42 Å². The number of nitrogens with one attached hydrogen (secondary N) is 1. The third-order valence-electron chi connectivity index (χ3n) is 3.14. The Morgan fingerprint density at radius 3 is 2.67 bits per heavy atom. The van der Waals surface area contributed by atoms with Gasteiger partial charge in [-0.05, 0) is 26.0 Å². The highest BCUT2D eigenvalue weighted by Gasteiger charge is 2.13. The van der Waals surface area contributed by atoms with Crippen molar-refractivity contribution < 1.29 is 9.21 Å². The number of hydrogen-bond donors (Lipinski definition) is 1. The maximum absolute atomic E-state index is 12.0. The summed E-state index contributed by atoms with van der Waals surface area (Å²) >= 11 is 0. The van der Waals surface area contributed by atoms with Crippen LogP contribution in [0.15, 0.2) is 38.4 Å². The first-order valence-corrected chi connectivity index (χ1v) is 6.50. The normalized spacial score (nSPS) is 12.1. The number of amides is 1. The van der Waals surface area contributed by atoms with E-state index in [2.05, 4.69) is 5.32 Å². The lowest BCUT2D eigenvalue weighted by Crippen LogP contribution is -2.40. The Bertz CT molecular complexity index is 769. The van der Waals surface area contributed by atoms with Gasteiger partial charge in [-0.3, -0.25) is 18.7 Å². The van der Waals surface area contributed by atoms with Gasteiger partial charge >= 0.3 is 5.69 Å². The molecule has 112 valence electrons. The molecule has 0 saturated carbocycles. The summed E-state index contributed by atoms with van der Waals surface area (Å²) in [6, 6.07) is 4.55. The minimum Gasteiger partial charge on any atom is -0.464 e. The number of furan rings is 1. The molecule has 2 aromatic heterocycles. The van der Waals surface area contributed by atoms with Crippen LogP contribution in [0, 0.1) is 6.92 Å². The van der Waals surface area contributed by atoms with Crippen molar-refractivity contribution in [1.82, 2.24) is 14.5 Å². The lowest BCUT2D eigenvalue weighted by molar-refractivity contribution is -0.122. The van der Waals surface area contributed by atoms with Crippen LogP contribution in [0.25, 0.3) is 0 Å². The van der Waals surface area contributed by atoms with E-state index in [-0.39, 0.29) is 18.5 Å². The van der Waals surface area contributed by atoms with Crippen LogP contribution in [0.3, 0.4) is 0 Å². The lowest BCUT2D eigenvalue weighted by Gasteiger charge is -2.12. The maximum atomic E-state index is 12.0. The van der Waals surface area contributed by atoms with E-state index in [0.717, 1.165) is 10.3 Å². The van der Waals surface area contributed by atoms with Crippen LogP contribution in [-0.2, 0) is 18.4 Å². The molecule has 21 heavy (non-hydrogen) atoms. The summed E-state index contributed by atoms with van der Waals surface area (Å²) in [5.74, 6) is 1.08. The lowest BCUT2D eigenvalue weighted by atomic mass is 10.2. The minimum absolute atomic E-state index is 0.156. The predicted octanol–water partition coefficient (Wildman–Crippen LogP) is 0.326. The molecule has 2 aromatic rings. The molecule has 2 rings (SSSR count). The van der Waals surface area contributed by atoms with Gasteiger partial charge in [-0.25, -0.2) is 4.79 Å². The molecule has 1 N–H and O–H groups in total. The smallest absolute Gasteiger partial charge is 0.331 e. The first kappa shape index (κ1) is 14.8. The van der Waals surface area contributed by atoms with Gasteiger partial charge in [-0.2, -0.15) is 0 Å². The second-order valence-electron chi connectivity index (χ2n) is 4.86. The standard InChI is InChI=1S/C14H17N3O4/c1-9-4-5-11(21-9)10(2)15-12(18)8-17-7-6-13(19)16(3)14(17)20/h4-7,10H,8H2,1-3H3,(H,15,18). The summed E-state index contributed by atoms with van der Waals surface area (Å²) in [7, 11) is 1.37. The molecule has 1 atom stereocenters. The van der Waals surface area contributed by atoms with Gasteiger partial charge in [0.1, 0.15) is 18.1 Å². The molecule has 0 fully saturated rings. The van der Waals surface area contributed by atoms with E-state index in [1.165, 1.54) is 23.9 Å². The molecule has 0 aliphatic rings. The highest BCUT2D eigenvalue weighted by atomic mass is 16.3. The van der Waals surface area contributed by atoms with Crippen molar-refractivity contribution in [3.05, 3.63) is 56.8 Å². The van der Waals surface area contributed by atoms with Crippen molar-refractivity contribution in [2.24, 2.45) is 7.05 Å². The Morgan fingerprint density at radius 1 is 1.33 bits per heavy atom. The number of rotatable bonds is 4. The Hall–Kier alpha value is -2.57. The third kappa shape index (κ3) is 3.31. The van der Waals surface area contributed by atoms with Gasteiger partial charge in [0, 0.05) is 19.3 Å². The first-order chi connectivity index (χ1) is 9.88. The van der Waals surface area contributed by atoms with Crippen LogP contribution >= 0.6 is 0 Å². The average molecular weight is 291 g/mol. The molecule has 0 saturated heterocycles.